The van der Waals surface area contributed by atoms with Crippen LogP contribution < -0.4 is 22.5 Å². The van der Waals surface area contributed by atoms with Gasteiger partial charge in [0.25, 0.3) is 11.1 Å². The van der Waals surface area contributed by atoms with Gasteiger partial charge in [0.15, 0.2) is 22.5 Å². The molecular weight excluding hydrogens is 540 g/mol. The Morgan fingerprint density at radius 3 is 1.67 bits per heavy atom. The molecule has 0 saturated carbocycles. The van der Waals surface area contributed by atoms with Gasteiger partial charge in [0.05, 0.1) is 27.3 Å². The highest BCUT2D eigenvalue weighted by molar-refractivity contribution is 6.28. The maximum absolute atomic E-state index is 13.6. The van der Waals surface area contributed by atoms with Crippen molar-refractivity contribution in [1.82, 2.24) is 47.8 Å². The molecule has 0 N–H and O–H groups in total. The van der Waals surface area contributed by atoms with Crippen molar-refractivity contribution < 1.29 is 0 Å². The molecule has 14 heteroatoms. The van der Waals surface area contributed by atoms with Crippen LogP contribution in [-0.2, 0) is 41.3 Å². The van der Waals surface area contributed by atoms with Gasteiger partial charge in [-0.25, -0.2) is 9.59 Å². The predicted octanol–water partition coefficient (Wildman–Crippen LogP) is 1.40. The Morgan fingerprint density at radius 2 is 1.05 bits per heavy atom. The maximum atomic E-state index is 13.6. The van der Waals surface area contributed by atoms with E-state index in [0.717, 1.165) is 43.8 Å². The summed E-state index contributed by atoms with van der Waals surface area (Å²) >= 11 is 0. The van der Waals surface area contributed by atoms with Crippen molar-refractivity contribution >= 4 is 65.9 Å². The third-order valence-corrected chi connectivity index (χ3v) is 8.33. The smallest absolute Gasteiger partial charge is 0.322 e. The lowest BCUT2D eigenvalue weighted by atomic mass is 10.1. The minimum absolute atomic E-state index is 0.109. The Hall–Kier alpha value is -5.14. The second-order valence-corrected chi connectivity index (χ2v) is 10.8. The van der Waals surface area contributed by atoms with Gasteiger partial charge in [0, 0.05) is 57.4 Å². The van der Waals surface area contributed by atoms with Crippen molar-refractivity contribution in [3.63, 3.8) is 0 Å². The molecule has 7 rings (SSSR count). The Labute approximate surface area is 235 Å². The molecule has 0 spiro atoms. The van der Waals surface area contributed by atoms with E-state index in [2.05, 4.69) is 43.4 Å². The molecule has 0 fully saturated rings. The van der Waals surface area contributed by atoms with Gasteiger partial charge >= 0.3 is 11.4 Å². The molecule has 0 aliphatic heterocycles. The van der Waals surface area contributed by atoms with E-state index in [9.17, 15) is 19.2 Å². The summed E-state index contributed by atoms with van der Waals surface area (Å²) in [6, 6.07) is 3.86. The largest absolute Gasteiger partial charge is 0.332 e. The van der Waals surface area contributed by atoms with Gasteiger partial charge in [-0.05, 0) is 12.8 Å². The van der Waals surface area contributed by atoms with E-state index in [1.165, 1.54) is 23.2 Å². The molecule has 0 saturated heterocycles. The highest BCUT2D eigenvalue weighted by Gasteiger charge is 2.26. The normalized spacial score (nSPS) is 12.3. The summed E-state index contributed by atoms with van der Waals surface area (Å²) in [5, 5.41) is 20.9. The van der Waals surface area contributed by atoms with Gasteiger partial charge < -0.3 is 9.13 Å². The molecule has 14 nitrogen and oxygen atoms in total. The van der Waals surface area contributed by atoms with Crippen LogP contribution in [0.5, 0.6) is 0 Å². The van der Waals surface area contributed by atoms with Gasteiger partial charge in [0.2, 0.25) is 0 Å². The van der Waals surface area contributed by atoms with Crippen LogP contribution in [0.1, 0.15) is 26.7 Å². The molecule has 0 bridgehead atoms. The molecule has 6 aromatic heterocycles. The minimum Gasteiger partial charge on any atom is -0.322 e. The fourth-order valence-corrected chi connectivity index (χ4v) is 6.39. The highest BCUT2D eigenvalue weighted by atomic mass is 16.2. The van der Waals surface area contributed by atoms with Crippen LogP contribution in [0.2, 0.25) is 0 Å². The maximum Gasteiger partial charge on any atom is 0.332 e. The molecule has 42 heavy (non-hydrogen) atoms. The number of hydrogen-bond acceptors (Lipinski definition) is 8. The molecule has 6 heterocycles. The van der Waals surface area contributed by atoms with E-state index >= 15 is 0 Å². The minimum atomic E-state index is -0.511. The van der Waals surface area contributed by atoms with E-state index < -0.39 is 22.5 Å². The Bertz CT molecular complexity index is 2580. The molecular formula is C28H28N10O4. The lowest BCUT2D eigenvalue weighted by molar-refractivity contribution is 0.694. The third-order valence-electron chi connectivity index (χ3n) is 8.33. The van der Waals surface area contributed by atoms with Crippen molar-refractivity contribution in [3.05, 3.63) is 53.8 Å². The molecule has 1 aromatic carbocycles. The van der Waals surface area contributed by atoms with Crippen LogP contribution in [-0.4, -0.2) is 47.8 Å². The molecule has 214 valence electrons. The zero-order valence-corrected chi connectivity index (χ0v) is 24.1. The number of nitrogens with zero attached hydrogens (tertiary/aromatic N) is 10. The first kappa shape index (κ1) is 25.8. The third kappa shape index (κ3) is 2.98. The Morgan fingerprint density at radius 1 is 0.548 bits per heavy atom. The summed E-state index contributed by atoms with van der Waals surface area (Å²) in [5.41, 5.74) is 1.60. The van der Waals surface area contributed by atoms with Crippen molar-refractivity contribution in [2.24, 2.45) is 28.2 Å². The average molecular weight is 569 g/mol. The van der Waals surface area contributed by atoms with Crippen molar-refractivity contribution in [2.45, 2.75) is 39.8 Å². The second kappa shape index (κ2) is 8.68. The average Bonchev–Trinajstić information content (AvgIpc) is 3.48. The quantitative estimate of drug-likeness (QED) is 0.309. The van der Waals surface area contributed by atoms with Crippen LogP contribution in [0.15, 0.2) is 31.3 Å². The molecule has 0 unspecified atom stereocenters. The lowest BCUT2D eigenvalue weighted by Gasteiger charge is -2.09. The van der Waals surface area contributed by atoms with Crippen molar-refractivity contribution in [2.75, 3.05) is 0 Å². The van der Waals surface area contributed by atoms with Crippen molar-refractivity contribution in [1.29, 1.82) is 0 Å². The van der Waals surface area contributed by atoms with E-state index in [0.29, 0.717) is 46.1 Å². The van der Waals surface area contributed by atoms with Gasteiger partial charge in [-0.2, -0.15) is 0 Å². The van der Waals surface area contributed by atoms with Crippen LogP contribution in [0.4, 0.5) is 0 Å². The molecule has 0 atom stereocenters. The van der Waals surface area contributed by atoms with E-state index in [4.69, 9.17) is 0 Å². The number of benzene rings is 1. The first-order valence-corrected chi connectivity index (χ1v) is 13.8. The summed E-state index contributed by atoms with van der Waals surface area (Å²) in [6.45, 7) is 5.29. The van der Waals surface area contributed by atoms with E-state index in [1.54, 1.807) is 14.1 Å². The summed E-state index contributed by atoms with van der Waals surface area (Å²) in [4.78, 5) is 52.4. The van der Waals surface area contributed by atoms with Gasteiger partial charge in [-0.3, -0.25) is 27.9 Å². The summed E-state index contributed by atoms with van der Waals surface area (Å²) in [7, 11) is 6.08. The number of rotatable bonds is 4. The number of hydrogen-bond donors (Lipinski definition) is 0. The van der Waals surface area contributed by atoms with E-state index in [1.807, 2.05) is 12.1 Å². The standard InChI is InChI=1S/C28H28N10O4/c1-7-11-37-19-13(15-17-22(30-32-23(15)37)34(4)28(42)35(5)25(17)39)9-10-14-16-21-18(26(40)36(6)27(41)33(21)3)29-31-24(16)38(12-8-2)20(14)19/h9-10H,7-8,11-12H2,1-6H3. The number of aromatic nitrogens is 10. The highest BCUT2D eigenvalue weighted by Crippen LogP contribution is 2.40. The van der Waals surface area contributed by atoms with Crippen LogP contribution in [0.3, 0.4) is 0 Å². The molecule has 0 aliphatic rings. The first-order chi connectivity index (χ1) is 20.1. The molecule has 0 aliphatic carbocycles. The van der Waals surface area contributed by atoms with Crippen LogP contribution in [0, 0.1) is 0 Å². The predicted molar refractivity (Wildman–Crippen MR) is 160 cm³/mol. The number of aryl methyl sites for hydroxylation is 4. The summed E-state index contributed by atoms with van der Waals surface area (Å²) in [6.07, 6.45) is 1.56. The number of fused-ring (bicyclic) bond motifs is 11. The first-order valence-electron chi connectivity index (χ1n) is 13.8. The second-order valence-electron chi connectivity index (χ2n) is 10.8. The SMILES string of the molecule is CCCn1c2nnc3c(c(=O)n(C)c(=O)n3C)c2c2ccc3c4c5c(nnc4n(CCC)c3c21)c(=O)n(C)c(=O)n5C. The molecule has 0 radical (unpaired) electrons. The summed E-state index contributed by atoms with van der Waals surface area (Å²) in [5.74, 6) is 0. The topological polar surface area (TPSA) is 149 Å². The van der Waals surface area contributed by atoms with Crippen molar-refractivity contribution in [3.8, 4) is 0 Å². The van der Waals surface area contributed by atoms with Gasteiger partial charge in [-0.1, -0.05) is 26.0 Å². The van der Waals surface area contributed by atoms with Gasteiger partial charge in [0.1, 0.15) is 0 Å². The lowest BCUT2D eigenvalue weighted by Crippen LogP contribution is -2.37. The Kier molecular flexibility index (Phi) is 5.33. The fraction of sp³-hybridized carbons (Fsp3) is 0.357. The van der Waals surface area contributed by atoms with E-state index in [-0.39, 0.29) is 11.2 Å². The summed E-state index contributed by atoms with van der Waals surface area (Å²) < 4.78 is 9.02. The zero-order chi connectivity index (χ0) is 29.8. The molecule has 0 amide bonds. The molecule has 7 aromatic rings. The zero-order valence-electron chi connectivity index (χ0n) is 24.1. The monoisotopic (exact) mass is 568 g/mol. The Balaban J connectivity index is 1.83. The van der Waals surface area contributed by atoms with Gasteiger partial charge in [-0.15, -0.1) is 20.4 Å². The van der Waals surface area contributed by atoms with Crippen LogP contribution >= 0.6 is 0 Å². The van der Waals surface area contributed by atoms with Crippen LogP contribution in [0.25, 0.3) is 65.9 Å². The fourth-order valence-electron chi connectivity index (χ4n) is 6.39.